The first kappa shape index (κ1) is 14.7. The highest BCUT2D eigenvalue weighted by Crippen LogP contribution is 2.21. The van der Waals surface area contributed by atoms with Gasteiger partial charge in [-0.1, -0.05) is 22.9 Å². The molecule has 0 fully saturated rings. The van der Waals surface area contributed by atoms with Gasteiger partial charge < -0.3 is 10.1 Å². The van der Waals surface area contributed by atoms with Crippen LogP contribution in [0.4, 0.5) is 0 Å². The van der Waals surface area contributed by atoms with Gasteiger partial charge in [0, 0.05) is 10.5 Å². The molecule has 4 nitrogen and oxygen atoms in total. The van der Waals surface area contributed by atoms with Crippen molar-refractivity contribution in [3.63, 3.8) is 0 Å². The van der Waals surface area contributed by atoms with Gasteiger partial charge in [0.25, 0.3) is 5.91 Å². The predicted molar refractivity (Wildman–Crippen MR) is 72.9 cm³/mol. The normalized spacial score (nSPS) is 11.7. The first-order chi connectivity index (χ1) is 8.56. The minimum absolute atomic E-state index is 0.0905. The molecular formula is C13H16BrNO3. The number of nitrogens with one attached hydrogen (secondary N) is 1. The van der Waals surface area contributed by atoms with Crippen LogP contribution in [0.5, 0.6) is 5.75 Å². The summed E-state index contributed by atoms with van der Waals surface area (Å²) in [6.45, 7) is 3.83. The molecule has 0 bridgehead atoms. The third-order valence-electron chi connectivity index (χ3n) is 2.48. The summed E-state index contributed by atoms with van der Waals surface area (Å²) in [7, 11) is 0. The maximum absolute atomic E-state index is 11.5. The van der Waals surface area contributed by atoms with E-state index in [0.29, 0.717) is 17.6 Å². The fourth-order valence-corrected chi connectivity index (χ4v) is 1.68. The molecular weight excluding hydrogens is 298 g/mol. The van der Waals surface area contributed by atoms with E-state index in [2.05, 4.69) is 21.2 Å². The number of rotatable bonds is 6. The van der Waals surface area contributed by atoms with Crippen LogP contribution in [0.25, 0.3) is 0 Å². The number of halogens is 1. The largest absolute Gasteiger partial charge is 0.483 e. The number of amides is 1. The minimum Gasteiger partial charge on any atom is -0.483 e. The van der Waals surface area contributed by atoms with Crippen molar-refractivity contribution < 1.29 is 14.3 Å². The third kappa shape index (κ3) is 4.49. The van der Waals surface area contributed by atoms with Crippen molar-refractivity contribution in [2.75, 3.05) is 6.61 Å². The van der Waals surface area contributed by atoms with Gasteiger partial charge in [-0.15, -0.1) is 0 Å². The number of hydrogen-bond donors (Lipinski definition) is 1. The molecule has 0 aliphatic carbocycles. The summed E-state index contributed by atoms with van der Waals surface area (Å²) < 4.78 is 6.12. The molecule has 0 aliphatic rings. The molecule has 0 saturated heterocycles. The minimum atomic E-state index is -0.191. The zero-order chi connectivity index (χ0) is 13.5. The second-order valence-corrected chi connectivity index (χ2v) is 4.88. The quantitative estimate of drug-likeness (QED) is 0.821. The summed E-state index contributed by atoms with van der Waals surface area (Å²) in [4.78, 5) is 22.4. The topological polar surface area (TPSA) is 55.4 Å². The van der Waals surface area contributed by atoms with Crippen molar-refractivity contribution in [1.29, 1.82) is 0 Å². The highest BCUT2D eigenvalue weighted by molar-refractivity contribution is 9.10. The van der Waals surface area contributed by atoms with Gasteiger partial charge >= 0.3 is 0 Å². The van der Waals surface area contributed by atoms with Gasteiger partial charge in [0.15, 0.2) is 12.9 Å². The van der Waals surface area contributed by atoms with E-state index in [1.165, 1.54) is 0 Å². The van der Waals surface area contributed by atoms with Crippen LogP contribution in [-0.2, 0) is 4.79 Å². The zero-order valence-electron chi connectivity index (χ0n) is 10.4. The Morgan fingerprint density at radius 2 is 2.28 bits per heavy atom. The Morgan fingerprint density at radius 3 is 2.89 bits per heavy atom. The van der Waals surface area contributed by atoms with Gasteiger partial charge in [0.1, 0.15) is 5.75 Å². The van der Waals surface area contributed by atoms with E-state index < -0.39 is 0 Å². The molecule has 1 rings (SSSR count). The Balaban J connectivity index is 2.58. The monoisotopic (exact) mass is 313 g/mol. The average Bonchev–Trinajstić information content (AvgIpc) is 2.36. The molecule has 0 aromatic heterocycles. The Labute approximate surface area is 115 Å². The Kier molecular flexibility index (Phi) is 5.85. The zero-order valence-corrected chi connectivity index (χ0v) is 12.0. The standard InChI is InChI=1S/C13H16BrNO3/c1-3-9(2)15-13(17)8-18-12-5-4-11(14)6-10(12)7-16/h4-7,9H,3,8H2,1-2H3,(H,15,17)/t9-/m0/s1. The summed E-state index contributed by atoms with van der Waals surface area (Å²) in [5.41, 5.74) is 0.417. The lowest BCUT2D eigenvalue weighted by Gasteiger charge is -2.12. The number of carbonyl (C=O) groups excluding carboxylic acids is 2. The smallest absolute Gasteiger partial charge is 0.258 e. The van der Waals surface area contributed by atoms with Crippen LogP contribution in [0.1, 0.15) is 30.6 Å². The molecule has 1 N–H and O–H groups in total. The Bertz CT molecular complexity index is 434. The van der Waals surface area contributed by atoms with E-state index in [4.69, 9.17) is 4.74 Å². The number of ether oxygens (including phenoxy) is 1. The van der Waals surface area contributed by atoms with Crippen molar-refractivity contribution in [3.8, 4) is 5.75 Å². The molecule has 0 saturated carbocycles. The summed E-state index contributed by atoms with van der Waals surface area (Å²) in [5, 5.41) is 2.79. The van der Waals surface area contributed by atoms with Crippen LogP contribution < -0.4 is 10.1 Å². The maximum atomic E-state index is 11.5. The summed E-state index contributed by atoms with van der Waals surface area (Å²) in [5.74, 6) is 0.219. The first-order valence-electron chi connectivity index (χ1n) is 5.73. The molecule has 0 radical (unpaired) electrons. The molecule has 1 aromatic carbocycles. The highest BCUT2D eigenvalue weighted by atomic mass is 79.9. The third-order valence-corrected chi connectivity index (χ3v) is 2.97. The van der Waals surface area contributed by atoms with Crippen LogP contribution in [-0.4, -0.2) is 24.8 Å². The lowest BCUT2D eigenvalue weighted by atomic mass is 10.2. The predicted octanol–water partition coefficient (Wildman–Crippen LogP) is 2.56. The van der Waals surface area contributed by atoms with Gasteiger partial charge in [-0.05, 0) is 31.5 Å². The molecule has 0 heterocycles. The van der Waals surface area contributed by atoms with Gasteiger partial charge in [0.05, 0.1) is 5.56 Å². The van der Waals surface area contributed by atoms with Crippen LogP contribution in [0.15, 0.2) is 22.7 Å². The fraction of sp³-hybridized carbons (Fsp3) is 0.385. The summed E-state index contributed by atoms with van der Waals surface area (Å²) in [6, 6.07) is 5.19. The van der Waals surface area contributed by atoms with E-state index in [0.717, 1.165) is 10.9 Å². The lowest BCUT2D eigenvalue weighted by molar-refractivity contribution is -0.123. The van der Waals surface area contributed by atoms with E-state index in [9.17, 15) is 9.59 Å². The summed E-state index contributed by atoms with van der Waals surface area (Å²) >= 11 is 3.27. The van der Waals surface area contributed by atoms with Crippen LogP contribution in [0.3, 0.4) is 0 Å². The van der Waals surface area contributed by atoms with E-state index >= 15 is 0 Å². The molecule has 1 amide bonds. The number of carbonyl (C=O) groups is 2. The Hall–Kier alpha value is -1.36. The SMILES string of the molecule is CC[C@H](C)NC(=O)COc1ccc(Br)cc1C=O. The van der Waals surface area contributed by atoms with Gasteiger partial charge in [-0.2, -0.15) is 0 Å². The van der Waals surface area contributed by atoms with Crippen molar-refractivity contribution >= 4 is 28.1 Å². The van der Waals surface area contributed by atoms with Crippen LogP contribution in [0, 0.1) is 0 Å². The molecule has 0 unspecified atom stereocenters. The molecule has 5 heteroatoms. The number of hydrogen-bond acceptors (Lipinski definition) is 3. The molecule has 0 spiro atoms. The van der Waals surface area contributed by atoms with E-state index in [-0.39, 0.29) is 18.6 Å². The van der Waals surface area contributed by atoms with Gasteiger partial charge in [-0.25, -0.2) is 0 Å². The highest BCUT2D eigenvalue weighted by Gasteiger charge is 2.08. The second-order valence-electron chi connectivity index (χ2n) is 3.97. The van der Waals surface area contributed by atoms with Crippen molar-refractivity contribution in [2.24, 2.45) is 0 Å². The van der Waals surface area contributed by atoms with Crippen molar-refractivity contribution in [1.82, 2.24) is 5.32 Å². The van der Waals surface area contributed by atoms with Crippen molar-refractivity contribution in [3.05, 3.63) is 28.2 Å². The molecule has 18 heavy (non-hydrogen) atoms. The average molecular weight is 314 g/mol. The van der Waals surface area contributed by atoms with E-state index in [1.807, 2.05) is 13.8 Å². The molecule has 1 aromatic rings. The van der Waals surface area contributed by atoms with Gasteiger partial charge in [0.2, 0.25) is 0 Å². The van der Waals surface area contributed by atoms with Gasteiger partial charge in [-0.3, -0.25) is 9.59 Å². The lowest BCUT2D eigenvalue weighted by Crippen LogP contribution is -2.35. The number of aldehydes is 1. The Morgan fingerprint density at radius 1 is 1.56 bits per heavy atom. The van der Waals surface area contributed by atoms with Crippen LogP contribution >= 0.6 is 15.9 Å². The maximum Gasteiger partial charge on any atom is 0.258 e. The van der Waals surface area contributed by atoms with Crippen LogP contribution in [0.2, 0.25) is 0 Å². The fourth-order valence-electron chi connectivity index (χ4n) is 1.30. The number of benzene rings is 1. The van der Waals surface area contributed by atoms with E-state index in [1.54, 1.807) is 18.2 Å². The van der Waals surface area contributed by atoms with Crippen molar-refractivity contribution in [2.45, 2.75) is 26.3 Å². The molecule has 1 atom stereocenters. The first-order valence-corrected chi connectivity index (χ1v) is 6.53. The second kappa shape index (κ2) is 7.16. The molecule has 0 aliphatic heterocycles. The summed E-state index contributed by atoms with van der Waals surface area (Å²) in [6.07, 6.45) is 1.57. The molecule has 98 valence electrons.